The first-order chi connectivity index (χ1) is 24.2. The number of benzene rings is 3. The average molecular weight is 722 g/mol. The van der Waals surface area contributed by atoms with E-state index in [1.54, 1.807) is 0 Å². The van der Waals surface area contributed by atoms with Gasteiger partial charge in [-0.1, -0.05) is 86.7 Å². The van der Waals surface area contributed by atoms with Crippen LogP contribution in [0, 0.1) is 5.82 Å². The van der Waals surface area contributed by atoms with Gasteiger partial charge in [-0.3, -0.25) is 4.79 Å². The smallest absolute Gasteiger partial charge is 0.305 e. The van der Waals surface area contributed by atoms with Crippen molar-refractivity contribution in [3.8, 4) is 11.3 Å². The first-order valence-corrected chi connectivity index (χ1v) is 18.5. The van der Waals surface area contributed by atoms with E-state index in [4.69, 9.17) is 5.11 Å². The van der Waals surface area contributed by atoms with Gasteiger partial charge in [-0.05, 0) is 41.3 Å². The van der Waals surface area contributed by atoms with E-state index >= 15 is 0 Å². The summed E-state index contributed by atoms with van der Waals surface area (Å²) in [6.45, 7) is 7.56. The number of carbonyl (C=O) groups is 1. The van der Waals surface area contributed by atoms with Gasteiger partial charge in [0.05, 0.1) is 36.3 Å². The van der Waals surface area contributed by atoms with Crippen molar-refractivity contribution in [1.29, 1.82) is 0 Å². The number of nitrogens with one attached hydrogen (secondary N) is 2. The van der Waals surface area contributed by atoms with E-state index in [1.165, 1.54) is 54.6 Å². The number of aromatic nitrogens is 2. The number of hydrogen-bond donors (Lipinski definition) is 5. The van der Waals surface area contributed by atoms with Crippen LogP contribution < -0.4 is 14.9 Å². The van der Waals surface area contributed by atoms with Crippen LogP contribution in [0.15, 0.2) is 91.0 Å². The summed E-state index contributed by atoms with van der Waals surface area (Å²) >= 11 is 0. The van der Waals surface area contributed by atoms with Gasteiger partial charge >= 0.3 is 5.97 Å². The van der Waals surface area contributed by atoms with Crippen LogP contribution in [0.5, 0.6) is 0 Å². The van der Waals surface area contributed by atoms with Crippen molar-refractivity contribution < 1.29 is 32.9 Å². The molecule has 13 heteroatoms. The second-order valence-corrected chi connectivity index (χ2v) is 14.3. The Morgan fingerprint density at radius 1 is 0.882 bits per heavy atom. The van der Waals surface area contributed by atoms with Crippen LogP contribution in [0.4, 0.5) is 10.3 Å². The van der Waals surface area contributed by atoms with Crippen molar-refractivity contribution in [2.45, 2.75) is 57.9 Å². The number of aliphatic hydroxyl groups is 2. The van der Waals surface area contributed by atoms with E-state index in [1.807, 2.05) is 26.0 Å². The van der Waals surface area contributed by atoms with Crippen molar-refractivity contribution in [2.24, 2.45) is 0 Å². The molecule has 0 aliphatic carbocycles. The zero-order valence-electron chi connectivity index (χ0n) is 29.4. The first kappa shape index (κ1) is 40.9. The third-order valence-electron chi connectivity index (χ3n) is 7.64. The highest BCUT2D eigenvalue weighted by atomic mass is 32.2. The van der Waals surface area contributed by atoms with E-state index in [9.17, 15) is 27.8 Å². The van der Waals surface area contributed by atoms with Gasteiger partial charge in [0.15, 0.2) is 0 Å². The molecule has 51 heavy (non-hydrogen) atoms. The Morgan fingerprint density at radius 3 is 1.88 bits per heavy atom. The monoisotopic (exact) mass is 721 g/mol. The number of aliphatic carboxylic acids is 1. The zero-order valence-corrected chi connectivity index (χ0v) is 30.2. The largest absolute Gasteiger partial charge is 0.481 e. The molecule has 0 aliphatic rings. The summed E-state index contributed by atoms with van der Waals surface area (Å²) in [7, 11) is -2.33. The summed E-state index contributed by atoms with van der Waals surface area (Å²) in [4.78, 5) is 19.6. The summed E-state index contributed by atoms with van der Waals surface area (Å²) < 4.78 is 38.6. The van der Waals surface area contributed by atoms with Gasteiger partial charge in [0.2, 0.25) is 16.0 Å². The first-order valence-electron chi connectivity index (χ1n) is 16.6. The number of anilines is 1. The average Bonchev–Trinajstić information content (AvgIpc) is 3.09. The lowest BCUT2D eigenvalue weighted by molar-refractivity contribution is -0.139. The van der Waals surface area contributed by atoms with E-state index in [2.05, 4.69) is 69.1 Å². The van der Waals surface area contributed by atoms with Crippen molar-refractivity contribution in [2.75, 3.05) is 30.7 Å². The molecule has 0 unspecified atom stereocenters. The minimum Gasteiger partial charge on any atom is -0.481 e. The van der Waals surface area contributed by atoms with Crippen molar-refractivity contribution >= 4 is 28.0 Å². The predicted octanol–water partition coefficient (Wildman–Crippen LogP) is 4.97. The fourth-order valence-corrected chi connectivity index (χ4v) is 5.26. The molecule has 11 nitrogen and oxygen atoms in total. The quantitative estimate of drug-likeness (QED) is 0.0941. The van der Waals surface area contributed by atoms with Crippen LogP contribution in [0.1, 0.15) is 55.0 Å². The number of sulfonamides is 1. The lowest BCUT2D eigenvalue weighted by Crippen LogP contribution is -2.27. The minimum atomic E-state index is -3.65. The third-order valence-corrected chi connectivity index (χ3v) is 8.80. The fourth-order valence-electron chi connectivity index (χ4n) is 4.88. The van der Waals surface area contributed by atoms with Crippen LogP contribution in [0.3, 0.4) is 0 Å². The Labute approximate surface area is 300 Å². The van der Waals surface area contributed by atoms with Crippen LogP contribution >= 0.6 is 0 Å². The molecule has 5 N–H and O–H groups in total. The fraction of sp³-hybridized carbons (Fsp3) is 0.342. The molecule has 0 spiro atoms. The number of nitrogens with zero attached hydrogens (tertiary/aromatic N) is 3. The van der Waals surface area contributed by atoms with E-state index < -0.39 is 40.4 Å². The maximum atomic E-state index is 13.5. The van der Waals surface area contributed by atoms with E-state index in [-0.39, 0.29) is 18.3 Å². The SMILES string of the molecule is CC(C)c1nc(N(C)S(C)(=O)=O)nc(-c2ccc(F)cc2)c1/C=C/[C@@H](O)C[C@@H](O)CC(=O)O.c1ccc(CNCCNCc2ccccc2)cc1. The number of carboxylic acids is 1. The van der Waals surface area contributed by atoms with Gasteiger partial charge in [-0.25, -0.2) is 27.1 Å². The highest BCUT2D eigenvalue weighted by Gasteiger charge is 2.22. The second-order valence-electron chi connectivity index (χ2n) is 12.3. The molecule has 2 atom stereocenters. The van der Waals surface area contributed by atoms with E-state index in [0.717, 1.165) is 36.7 Å². The lowest BCUT2D eigenvalue weighted by atomic mass is 9.97. The highest BCUT2D eigenvalue weighted by molar-refractivity contribution is 7.92. The summed E-state index contributed by atoms with van der Waals surface area (Å²) in [6.07, 6.45) is 0.860. The van der Waals surface area contributed by atoms with Crippen LogP contribution in [-0.4, -0.2) is 78.3 Å². The van der Waals surface area contributed by atoms with E-state index in [0.29, 0.717) is 22.5 Å². The molecule has 0 bridgehead atoms. The van der Waals surface area contributed by atoms with Gasteiger partial charge in [0.1, 0.15) is 5.82 Å². The Kier molecular flexibility index (Phi) is 16.3. The van der Waals surface area contributed by atoms with Crippen LogP contribution in [-0.2, 0) is 27.9 Å². The maximum absolute atomic E-state index is 13.5. The molecule has 4 aromatic rings. The Morgan fingerprint density at radius 2 is 1.41 bits per heavy atom. The molecule has 1 aromatic heterocycles. The molecular formula is C38H48FN5O6S. The highest BCUT2D eigenvalue weighted by Crippen LogP contribution is 2.31. The normalized spacial score (nSPS) is 12.7. The van der Waals surface area contributed by atoms with Crippen LogP contribution in [0.2, 0.25) is 0 Å². The minimum absolute atomic E-state index is 0.0601. The zero-order chi connectivity index (χ0) is 37.4. The molecule has 1 heterocycles. The number of carboxylic acid groups (broad SMARTS) is 1. The van der Waals surface area contributed by atoms with Crippen molar-refractivity contribution in [3.63, 3.8) is 0 Å². The van der Waals surface area contributed by atoms with Crippen LogP contribution in [0.25, 0.3) is 17.3 Å². The molecule has 0 saturated heterocycles. The summed E-state index contributed by atoms with van der Waals surface area (Å²) in [5.74, 6) is -1.87. The molecule has 0 fully saturated rings. The lowest BCUT2D eigenvalue weighted by Gasteiger charge is -2.20. The van der Waals surface area contributed by atoms with Crippen molar-refractivity contribution in [1.82, 2.24) is 20.6 Å². The third kappa shape index (κ3) is 14.3. The Hall–Kier alpha value is -4.53. The molecule has 0 saturated carbocycles. The number of aliphatic hydroxyl groups excluding tert-OH is 2. The standard InChI is InChI=1S/C22H28FN3O6S.C16H20N2/c1-13(2)20-18(10-9-16(27)11-17(28)12-19(29)30)21(14-5-7-15(23)8-6-14)25-22(24-20)26(3)33(4,31)32;1-3-7-15(8-4-1)13-17-11-12-18-14-16-9-5-2-6-10-16/h5-10,13,16-17,27-28H,11-12H2,1-4H3,(H,29,30);1-10,17-18H,11-14H2/b10-9+;/t16-,17-;/m1./s1. The Bertz CT molecular complexity index is 1750. The molecular weight excluding hydrogens is 674 g/mol. The predicted molar refractivity (Wildman–Crippen MR) is 199 cm³/mol. The van der Waals surface area contributed by atoms with Gasteiger partial charge in [0, 0.05) is 50.8 Å². The van der Waals surface area contributed by atoms with Crippen molar-refractivity contribution in [3.05, 3.63) is 119 Å². The molecule has 274 valence electrons. The number of rotatable bonds is 17. The summed E-state index contributed by atoms with van der Waals surface area (Å²) in [6, 6.07) is 26.4. The number of hydrogen-bond acceptors (Lipinski definition) is 9. The summed E-state index contributed by atoms with van der Waals surface area (Å²) in [5.41, 5.74) is 4.47. The number of halogens is 1. The van der Waals surface area contributed by atoms with Gasteiger partial charge in [0.25, 0.3) is 0 Å². The Balaban J connectivity index is 0.000000327. The molecule has 3 aromatic carbocycles. The molecule has 0 radical (unpaired) electrons. The van der Waals surface area contributed by atoms with Gasteiger partial charge in [-0.15, -0.1) is 0 Å². The maximum Gasteiger partial charge on any atom is 0.305 e. The molecule has 0 aliphatic heterocycles. The summed E-state index contributed by atoms with van der Waals surface area (Å²) in [5, 5.41) is 35.6. The van der Waals surface area contributed by atoms with Gasteiger partial charge in [-0.2, -0.15) is 0 Å². The molecule has 4 rings (SSSR count). The van der Waals surface area contributed by atoms with Gasteiger partial charge < -0.3 is 26.0 Å². The topological polar surface area (TPSA) is 165 Å². The molecule has 0 amide bonds. The second kappa shape index (κ2) is 20.4.